The van der Waals surface area contributed by atoms with E-state index in [1.807, 2.05) is 18.0 Å². The maximum Gasteiger partial charge on any atom is 0.136 e. The first-order valence-electron chi connectivity index (χ1n) is 6.13. The van der Waals surface area contributed by atoms with Crippen molar-refractivity contribution in [1.29, 1.82) is 0 Å². The molecule has 2 rings (SSSR count). The Morgan fingerprint density at radius 1 is 1.32 bits per heavy atom. The van der Waals surface area contributed by atoms with Gasteiger partial charge >= 0.3 is 0 Å². The molecule has 0 fully saturated rings. The van der Waals surface area contributed by atoms with Gasteiger partial charge in [-0.15, -0.1) is 0 Å². The van der Waals surface area contributed by atoms with Crippen molar-refractivity contribution in [3.05, 3.63) is 47.7 Å². The molecule has 0 spiro atoms. The lowest BCUT2D eigenvalue weighted by molar-refractivity contribution is 0.618. The van der Waals surface area contributed by atoms with E-state index in [1.165, 1.54) is 6.07 Å². The highest BCUT2D eigenvalue weighted by molar-refractivity contribution is 5.59. The summed E-state index contributed by atoms with van der Waals surface area (Å²) >= 11 is 0. The second-order valence-electron chi connectivity index (χ2n) is 4.36. The SMILES string of the molecule is Cc1cc(N(C)c2ccnc(CCN)n2)ccc1F. The quantitative estimate of drug-likeness (QED) is 0.915. The van der Waals surface area contributed by atoms with Gasteiger partial charge in [-0.3, -0.25) is 0 Å². The number of aromatic nitrogens is 2. The van der Waals surface area contributed by atoms with Gasteiger partial charge in [0.15, 0.2) is 0 Å². The highest BCUT2D eigenvalue weighted by atomic mass is 19.1. The van der Waals surface area contributed by atoms with Crippen LogP contribution < -0.4 is 10.6 Å². The lowest BCUT2D eigenvalue weighted by Gasteiger charge is -2.19. The molecule has 0 unspecified atom stereocenters. The van der Waals surface area contributed by atoms with Crippen LogP contribution in [0.25, 0.3) is 0 Å². The van der Waals surface area contributed by atoms with Gasteiger partial charge in [-0.2, -0.15) is 0 Å². The van der Waals surface area contributed by atoms with Crippen LogP contribution in [0.5, 0.6) is 0 Å². The van der Waals surface area contributed by atoms with Gasteiger partial charge in [0.05, 0.1) is 0 Å². The predicted molar refractivity (Wildman–Crippen MR) is 74.0 cm³/mol. The minimum Gasteiger partial charge on any atom is -0.330 e. The zero-order chi connectivity index (χ0) is 13.8. The van der Waals surface area contributed by atoms with Gasteiger partial charge in [0.1, 0.15) is 17.5 Å². The van der Waals surface area contributed by atoms with Gasteiger partial charge in [0, 0.05) is 25.4 Å². The van der Waals surface area contributed by atoms with Crippen LogP contribution in [0.15, 0.2) is 30.5 Å². The molecule has 0 saturated carbocycles. The van der Waals surface area contributed by atoms with Crippen molar-refractivity contribution in [2.75, 3.05) is 18.5 Å². The fourth-order valence-electron chi connectivity index (χ4n) is 1.79. The number of hydrogen-bond donors (Lipinski definition) is 1. The van der Waals surface area contributed by atoms with Crippen LogP contribution in [-0.2, 0) is 6.42 Å². The van der Waals surface area contributed by atoms with E-state index in [9.17, 15) is 4.39 Å². The monoisotopic (exact) mass is 260 g/mol. The third-order valence-corrected chi connectivity index (χ3v) is 2.93. The van der Waals surface area contributed by atoms with Crippen molar-refractivity contribution in [1.82, 2.24) is 9.97 Å². The number of aryl methyl sites for hydroxylation is 1. The second kappa shape index (κ2) is 5.75. The molecule has 1 heterocycles. The molecule has 1 aromatic carbocycles. The van der Waals surface area contributed by atoms with E-state index in [-0.39, 0.29) is 5.82 Å². The summed E-state index contributed by atoms with van der Waals surface area (Å²) in [6.45, 7) is 2.26. The number of benzene rings is 1. The molecule has 0 bridgehead atoms. The van der Waals surface area contributed by atoms with Crippen molar-refractivity contribution in [3.8, 4) is 0 Å². The second-order valence-corrected chi connectivity index (χ2v) is 4.36. The number of anilines is 2. The Labute approximate surface area is 112 Å². The Morgan fingerprint density at radius 2 is 2.11 bits per heavy atom. The molecule has 19 heavy (non-hydrogen) atoms. The van der Waals surface area contributed by atoms with Crippen LogP contribution in [0, 0.1) is 12.7 Å². The average Bonchev–Trinajstić information content (AvgIpc) is 2.42. The smallest absolute Gasteiger partial charge is 0.136 e. The summed E-state index contributed by atoms with van der Waals surface area (Å²) in [6, 6.07) is 6.80. The Morgan fingerprint density at radius 3 is 2.79 bits per heavy atom. The summed E-state index contributed by atoms with van der Waals surface area (Å²) < 4.78 is 13.3. The minimum atomic E-state index is -0.205. The summed E-state index contributed by atoms with van der Waals surface area (Å²) in [5, 5.41) is 0. The maximum atomic E-state index is 13.3. The van der Waals surface area contributed by atoms with E-state index in [0.29, 0.717) is 24.4 Å². The molecule has 4 nitrogen and oxygen atoms in total. The fraction of sp³-hybridized carbons (Fsp3) is 0.286. The van der Waals surface area contributed by atoms with Crippen molar-refractivity contribution in [2.45, 2.75) is 13.3 Å². The predicted octanol–water partition coefficient (Wildman–Crippen LogP) is 2.19. The molecular formula is C14H17FN4. The fourth-order valence-corrected chi connectivity index (χ4v) is 1.79. The Bertz CT molecular complexity index is 571. The highest BCUT2D eigenvalue weighted by Crippen LogP contribution is 2.23. The molecule has 0 atom stereocenters. The molecule has 0 aliphatic heterocycles. The van der Waals surface area contributed by atoms with Crippen molar-refractivity contribution in [2.24, 2.45) is 5.73 Å². The van der Waals surface area contributed by atoms with E-state index >= 15 is 0 Å². The first-order valence-corrected chi connectivity index (χ1v) is 6.13. The number of hydrogen-bond acceptors (Lipinski definition) is 4. The van der Waals surface area contributed by atoms with E-state index < -0.39 is 0 Å². The van der Waals surface area contributed by atoms with Gasteiger partial charge in [-0.25, -0.2) is 14.4 Å². The zero-order valence-corrected chi connectivity index (χ0v) is 11.1. The summed E-state index contributed by atoms with van der Waals surface area (Å²) in [7, 11) is 1.89. The molecule has 1 aromatic heterocycles. The van der Waals surface area contributed by atoms with Crippen LogP contribution in [0.3, 0.4) is 0 Å². The molecular weight excluding hydrogens is 243 g/mol. The first kappa shape index (κ1) is 13.4. The largest absolute Gasteiger partial charge is 0.330 e. The van der Waals surface area contributed by atoms with Crippen LogP contribution in [0.4, 0.5) is 15.9 Å². The third kappa shape index (κ3) is 3.06. The van der Waals surface area contributed by atoms with Crippen molar-refractivity contribution in [3.63, 3.8) is 0 Å². The lowest BCUT2D eigenvalue weighted by atomic mass is 10.2. The van der Waals surface area contributed by atoms with Gasteiger partial charge in [-0.05, 0) is 43.3 Å². The summed E-state index contributed by atoms with van der Waals surface area (Å²) in [6.07, 6.45) is 2.35. The van der Waals surface area contributed by atoms with Crippen molar-refractivity contribution < 1.29 is 4.39 Å². The molecule has 5 heteroatoms. The molecule has 0 amide bonds. The van der Waals surface area contributed by atoms with Gasteiger partial charge in [0.25, 0.3) is 0 Å². The highest BCUT2D eigenvalue weighted by Gasteiger charge is 2.08. The molecule has 0 radical (unpaired) electrons. The normalized spacial score (nSPS) is 10.5. The number of halogens is 1. The number of rotatable bonds is 4. The Hall–Kier alpha value is -2.01. The minimum absolute atomic E-state index is 0.205. The Kier molecular flexibility index (Phi) is 4.06. The molecule has 0 aliphatic carbocycles. The first-order chi connectivity index (χ1) is 9.11. The van der Waals surface area contributed by atoms with E-state index in [4.69, 9.17) is 5.73 Å². The topological polar surface area (TPSA) is 55.0 Å². The van der Waals surface area contributed by atoms with Crippen LogP contribution in [0.2, 0.25) is 0 Å². The zero-order valence-electron chi connectivity index (χ0n) is 11.1. The number of nitrogens with zero attached hydrogens (tertiary/aromatic N) is 3. The number of nitrogens with two attached hydrogens (primary N) is 1. The molecule has 0 aliphatic rings. The molecule has 100 valence electrons. The van der Waals surface area contributed by atoms with E-state index in [2.05, 4.69) is 9.97 Å². The van der Waals surface area contributed by atoms with Crippen LogP contribution in [0.1, 0.15) is 11.4 Å². The average molecular weight is 260 g/mol. The molecule has 2 N–H and O–H groups in total. The van der Waals surface area contributed by atoms with Gasteiger partial charge in [-0.1, -0.05) is 0 Å². The lowest BCUT2D eigenvalue weighted by Crippen LogP contribution is -2.14. The van der Waals surface area contributed by atoms with Gasteiger partial charge in [0.2, 0.25) is 0 Å². The molecule has 2 aromatic rings. The van der Waals surface area contributed by atoms with E-state index in [0.717, 1.165) is 11.5 Å². The standard InChI is InChI=1S/C14H17FN4/c1-10-9-11(3-4-12(10)15)19(2)14-6-8-17-13(18-14)5-7-16/h3-4,6,8-9H,5,7,16H2,1-2H3. The third-order valence-electron chi connectivity index (χ3n) is 2.93. The van der Waals surface area contributed by atoms with Gasteiger partial charge < -0.3 is 10.6 Å². The van der Waals surface area contributed by atoms with E-state index in [1.54, 1.807) is 25.3 Å². The van der Waals surface area contributed by atoms with Crippen molar-refractivity contribution >= 4 is 11.5 Å². The Balaban J connectivity index is 2.29. The summed E-state index contributed by atoms with van der Waals surface area (Å²) in [4.78, 5) is 10.5. The molecule has 0 saturated heterocycles. The summed E-state index contributed by atoms with van der Waals surface area (Å²) in [5.74, 6) is 1.28. The van der Waals surface area contributed by atoms with Crippen LogP contribution >= 0.6 is 0 Å². The summed E-state index contributed by atoms with van der Waals surface area (Å²) in [5.41, 5.74) is 7.00. The maximum absolute atomic E-state index is 13.3. The van der Waals surface area contributed by atoms with Crippen LogP contribution in [-0.4, -0.2) is 23.6 Å².